The van der Waals surface area contributed by atoms with Crippen LogP contribution in [0, 0.1) is 0 Å². The SMILES string of the molecule is CC[C@]1(C)NC(=O)N(Nc2ncnc3sc4c(c23)CCC4)C1=O. The maximum atomic E-state index is 12.5. The van der Waals surface area contributed by atoms with Crippen LogP contribution in [-0.2, 0) is 17.6 Å². The number of amides is 3. The van der Waals surface area contributed by atoms with Gasteiger partial charge in [-0.1, -0.05) is 6.92 Å². The Labute approximate surface area is 137 Å². The van der Waals surface area contributed by atoms with E-state index in [0.717, 1.165) is 34.5 Å². The third-order valence-electron chi connectivity index (χ3n) is 4.69. The summed E-state index contributed by atoms with van der Waals surface area (Å²) in [4.78, 5) is 35.5. The summed E-state index contributed by atoms with van der Waals surface area (Å²) in [6.07, 6.45) is 5.18. The second-order valence-corrected chi connectivity index (χ2v) is 7.21. The molecule has 0 spiro atoms. The molecule has 2 aliphatic rings. The average molecular weight is 331 g/mol. The molecule has 1 atom stereocenters. The number of hydrazine groups is 1. The standard InChI is InChI=1S/C15H17N5O2S/c1-3-15(2)13(21)20(14(22)18-15)19-11-10-8-5-4-6-9(8)23-12(10)17-7-16-11/h7H,3-6H2,1-2H3,(H,18,22)(H,16,17,19)/t15-/m0/s1. The first-order valence-electron chi connectivity index (χ1n) is 7.72. The molecule has 1 fully saturated rings. The van der Waals surface area contributed by atoms with Crippen LogP contribution < -0.4 is 10.7 Å². The maximum absolute atomic E-state index is 12.5. The molecular weight excluding hydrogens is 314 g/mol. The van der Waals surface area contributed by atoms with Gasteiger partial charge < -0.3 is 5.32 Å². The minimum atomic E-state index is -0.868. The lowest BCUT2D eigenvalue weighted by Crippen LogP contribution is -2.43. The van der Waals surface area contributed by atoms with E-state index in [-0.39, 0.29) is 5.91 Å². The molecule has 0 aromatic carbocycles. The maximum Gasteiger partial charge on any atom is 0.344 e. The van der Waals surface area contributed by atoms with Gasteiger partial charge in [0.2, 0.25) is 0 Å². The van der Waals surface area contributed by atoms with Crippen LogP contribution >= 0.6 is 11.3 Å². The lowest BCUT2D eigenvalue weighted by molar-refractivity contribution is -0.129. The lowest BCUT2D eigenvalue weighted by Gasteiger charge is -2.19. The quantitative estimate of drug-likeness (QED) is 0.842. The number of carbonyl (C=O) groups is 2. The number of imide groups is 1. The third-order valence-corrected chi connectivity index (χ3v) is 5.89. The molecule has 1 aliphatic carbocycles. The molecule has 0 saturated carbocycles. The van der Waals surface area contributed by atoms with Gasteiger partial charge in [0.25, 0.3) is 5.91 Å². The molecule has 0 bridgehead atoms. The van der Waals surface area contributed by atoms with Gasteiger partial charge in [-0.25, -0.2) is 14.8 Å². The number of urea groups is 1. The summed E-state index contributed by atoms with van der Waals surface area (Å²) in [7, 11) is 0. The largest absolute Gasteiger partial charge is 0.344 e. The Kier molecular flexibility index (Phi) is 3.06. The van der Waals surface area contributed by atoms with Gasteiger partial charge in [0.1, 0.15) is 16.7 Å². The number of hydrogen-bond donors (Lipinski definition) is 2. The zero-order valence-corrected chi connectivity index (χ0v) is 13.8. The molecule has 2 N–H and O–H groups in total. The molecule has 2 aromatic rings. The molecule has 3 amide bonds. The van der Waals surface area contributed by atoms with Crippen LogP contribution in [0.3, 0.4) is 0 Å². The van der Waals surface area contributed by atoms with Crippen molar-refractivity contribution in [2.45, 2.75) is 45.1 Å². The second-order valence-electron chi connectivity index (χ2n) is 6.13. The number of anilines is 1. The van der Waals surface area contributed by atoms with Crippen molar-refractivity contribution in [3.8, 4) is 0 Å². The summed E-state index contributed by atoms with van der Waals surface area (Å²) in [6, 6.07) is -0.446. The fourth-order valence-electron chi connectivity index (χ4n) is 3.14. The van der Waals surface area contributed by atoms with Crippen LogP contribution in [-0.4, -0.2) is 32.5 Å². The fourth-order valence-corrected chi connectivity index (χ4v) is 4.37. The number of aryl methyl sites for hydroxylation is 2. The van der Waals surface area contributed by atoms with Crippen LogP contribution in [0.4, 0.5) is 10.6 Å². The molecule has 7 nitrogen and oxygen atoms in total. The third kappa shape index (κ3) is 2.01. The topological polar surface area (TPSA) is 87.2 Å². The van der Waals surface area contributed by atoms with Gasteiger partial charge in [-0.3, -0.25) is 10.2 Å². The zero-order chi connectivity index (χ0) is 16.2. The molecule has 0 radical (unpaired) electrons. The van der Waals surface area contributed by atoms with Crippen molar-refractivity contribution in [1.82, 2.24) is 20.3 Å². The smallest absolute Gasteiger partial charge is 0.322 e. The predicted octanol–water partition coefficient (Wildman–Crippen LogP) is 2.23. The Morgan fingerprint density at radius 1 is 1.39 bits per heavy atom. The van der Waals surface area contributed by atoms with Crippen LogP contribution in [0.25, 0.3) is 10.2 Å². The first-order valence-corrected chi connectivity index (χ1v) is 8.54. The van der Waals surface area contributed by atoms with Crippen molar-refractivity contribution in [1.29, 1.82) is 0 Å². The van der Waals surface area contributed by atoms with Gasteiger partial charge in [-0.15, -0.1) is 11.3 Å². The molecule has 2 aromatic heterocycles. The van der Waals surface area contributed by atoms with Gasteiger partial charge in [-0.2, -0.15) is 5.01 Å². The van der Waals surface area contributed by atoms with Crippen molar-refractivity contribution in [3.05, 3.63) is 16.8 Å². The summed E-state index contributed by atoms with van der Waals surface area (Å²) in [5.74, 6) is 0.238. The predicted molar refractivity (Wildman–Crippen MR) is 87.1 cm³/mol. The number of hydrogen-bond acceptors (Lipinski definition) is 6. The number of nitrogens with zero attached hydrogens (tertiary/aromatic N) is 3. The van der Waals surface area contributed by atoms with Gasteiger partial charge in [0.15, 0.2) is 5.82 Å². The van der Waals surface area contributed by atoms with Crippen LogP contribution in [0.5, 0.6) is 0 Å². The molecule has 120 valence electrons. The second kappa shape index (κ2) is 4.89. The van der Waals surface area contributed by atoms with Gasteiger partial charge in [-0.05, 0) is 38.2 Å². The lowest BCUT2D eigenvalue weighted by atomic mass is 10.00. The van der Waals surface area contributed by atoms with E-state index >= 15 is 0 Å². The monoisotopic (exact) mass is 331 g/mol. The Hall–Kier alpha value is -2.22. The fraction of sp³-hybridized carbons (Fsp3) is 0.467. The van der Waals surface area contributed by atoms with Crippen molar-refractivity contribution in [2.75, 3.05) is 5.43 Å². The van der Waals surface area contributed by atoms with E-state index in [9.17, 15) is 9.59 Å². The van der Waals surface area contributed by atoms with Crippen molar-refractivity contribution in [2.24, 2.45) is 0 Å². The molecule has 23 heavy (non-hydrogen) atoms. The van der Waals surface area contributed by atoms with E-state index in [0.29, 0.717) is 12.2 Å². The summed E-state index contributed by atoms with van der Waals surface area (Å²) < 4.78 is 0. The van der Waals surface area contributed by atoms with Crippen LogP contribution in [0.2, 0.25) is 0 Å². The minimum Gasteiger partial charge on any atom is -0.322 e. The first-order chi connectivity index (χ1) is 11.0. The molecule has 0 unspecified atom stereocenters. The van der Waals surface area contributed by atoms with Gasteiger partial charge >= 0.3 is 6.03 Å². The summed E-state index contributed by atoms with van der Waals surface area (Å²) in [5.41, 5.74) is 3.30. The van der Waals surface area contributed by atoms with Crippen LogP contribution in [0.1, 0.15) is 37.1 Å². The average Bonchev–Trinajstić information content (AvgIpc) is 3.16. The number of nitrogens with one attached hydrogen (secondary N) is 2. The van der Waals surface area contributed by atoms with E-state index in [1.54, 1.807) is 18.3 Å². The number of carbonyl (C=O) groups excluding carboxylic acids is 2. The van der Waals surface area contributed by atoms with Gasteiger partial charge in [0, 0.05) is 4.88 Å². The minimum absolute atomic E-state index is 0.288. The van der Waals surface area contributed by atoms with E-state index < -0.39 is 11.6 Å². The number of thiophene rings is 1. The molecule has 1 aliphatic heterocycles. The number of fused-ring (bicyclic) bond motifs is 3. The summed E-state index contributed by atoms with van der Waals surface area (Å²) >= 11 is 1.67. The zero-order valence-electron chi connectivity index (χ0n) is 13.0. The van der Waals surface area contributed by atoms with Crippen molar-refractivity contribution >= 4 is 39.3 Å². The van der Waals surface area contributed by atoms with E-state index in [4.69, 9.17) is 0 Å². The Balaban J connectivity index is 1.74. The highest BCUT2D eigenvalue weighted by atomic mass is 32.1. The van der Waals surface area contributed by atoms with Gasteiger partial charge in [0.05, 0.1) is 5.39 Å². The summed E-state index contributed by atoms with van der Waals surface area (Å²) in [6.45, 7) is 3.60. The Morgan fingerprint density at radius 2 is 2.22 bits per heavy atom. The molecule has 8 heteroatoms. The highest BCUT2D eigenvalue weighted by Crippen LogP contribution is 2.39. The highest BCUT2D eigenvalue weighted by Gasteiger charge is 2.47. The van der Waals surface area contributed by atoms with E-state index in [2.05, 4.69) is 20.7 Å². The molecule has 3 heterocycles. The first kappa shape index (κ1) is 14.4. The van der Waals surface area contributed by atoms with E-state index in [1.165, 1.54) is 16.8 Å². The normalized spacial score (nSPS) is 23.5. The van der Waals surface area contributed by atoms with Crippen molar-refractivity contribution < 1.29 is 9.59 Å². The molecule has 4 rings (SSSR count). The molecular formula is C15H17N5O2S. The van der Waals surface area contributed by atoms with Crippen LogP contribution in [0.15, 0.2) is 6.33 Å². The Morgan fingerprint density at radius 3 is 2.96 bits per heavy atom. The number of aromatic nitrogens is 2. The highest BCUT2D eigenvalue weighted by molar-refractivity contribution is 7.19. The number of rotatable bonds is 3. The Bertz CT molecular complexity index is 833. The molecule has 1 saturated heterocycles. The van der Waals surface area contributed by atoms with E-state index in [1.807, 2.05) is 6.92 Å². The summed E-state index contributed by atoms with van der Waals surface area (Å²) in [5, 5.41) is 4.70. The van der Waals surface area contributed by atoms with Crippen molar-refractivity contribution in [3.63, 3.8) is 0 Å².